The Balaban J connectivity index is 1.49. The van der Waals surface area contributed by atoms with Gasteiger partial charge in [-0.05, 0) is 61.7 Å². The Labute approximate surface area is 176 Å². The average molecular weight is 405 g/mol. The van der Waals surface area contributed by atoms with Gasteiger partial charge in [0.15, 0.2) is 11.7 Å². The van der Waals surface area contributed by atoms with E-state index in [2.05, 4.69) is 35.4 Å². The van der Waals surface area contributed by atoms with Crippen LogP contribution in [0.1, 0.15) is 36.4 Å². The van der Waals surface area contributed by atoms with E-state index in [4.69, 9.17) is 9.15 Å². The molecular weight excluding hydrogens is 378 g/mol. The summed E-state index contributed by atoms with van der Waals surface area (Å²) in [5.74, 6) is 1.40. The van der Waals surface area contributed by atoms with Gasteiger partial charge in [0.1, 0.15) is 0 Å². The third-order valence-electron chi connectivity index (χ3n) is 5.42. The number of aromatic nitrogens is 1. The van der Waals surface area contributed by atoms with Crippen LogP contribution in [0.2, 0.25) is 0 Å². The van der Waals surface area contributed by atoms with Crippen LogP contribution < -0.4 is 10.2 Å². The van der Waals surface area contributed by atoms with Crippen molar-refractivity contribution in [3.05, 3.63) is 71.2 Å². The highest BCUT2D eigenvalue weighted by Gasteiger charge is 2.28. The second kappa shape index (κ2) is 8.71. The van der Waals surface area contributed by atoms with Gasteiger partial charge in [-0.3, -0.25) is 4.90 Å². The number of hydrogen-bond donors (Lipinski definition) is 1. The molecule has 0 unspecified atom stereocenters. The molecule has 0 bridgehead atoms. The maximum absolute atomic E-state index is 12.0. The zero-order valence-electron chi connectivity index (χ0n) is 17.6. The van der Waals surface area contributed by atoms with Gasteiger partial charge in [0.25, 0.3) is 0 Å². The largest absolute Gasteiger partial charge is 0.440 e. The third kappa shape index (κ3) is 4.24. The molecule has 0 spiro atoms. The van der Waals surface area contributed by atoms with E-state index in [1.165, 1.54) is 11.1 Å². The Morgan fingerprint density at radius 3 is 2.73 bits per heavy atom. The van der Waals surface area contributed by atoms with E-state index in [0.717, 1.165) is 22.6 Å². The van der Waals surface area contributed by atoms with Crippen LogP contribution in [0, 0.1) is 6.92 Å². The van der Waals surface area contributed by atoms with Gasteiger partial charge in [0, 0.05) is 30.8 Å². The summed E-state index contributed by atoms with van der Waals surface area (Å²) >= 11 is 0. The maximum Gasteiger partial charge on any atom is 0.322 e. The second-order valence-electron chi connectivity index (χ2n) is 7.64. The molecular formula is C24H27N3O3. The van der Waals surface area contributed by atoms with E-state index >= 15 is 0 Å². The summed E-state index contributed by atoms with van der Waals surface area (Å²) in [5.41, 5.74) is 5.36. The molecule has 156 valence electrons. The molecule has 0 aliphatic carbocycles. The number of benzene rings is 2. The highest BCUT2D eigenvalue weighted by molar-refractivity contribution is 5.95. The minimum atomic E-state index is -0.0564. The molecule has 1 fully saturated rings. The van der Waals surface area contributed by atoms with Crippen LogP contribution >= 0.6 is 0 Å². The molecule has 3 aromatic rings. The van der Waals surface area contributed by atoms with Gasteiger partial charge >= 0.3 is 6.03 Å². The fourth-order valence-electron chi connectivity index (χ4n) is 3.68. The van der Waals surface area contributed by atoms with Crippen LogP contribution in [0.4, 0.5) is 10.5 Å². The number of urea groups is 1. The molecule has 1 aromatic heterocycles. The Kier molecular flexibility index (Phi) is 5.86. The number of rotatable bonds is 7. The van der Waals surface area contributed by atoms with Crippen LogP contribution in [0.25, 0.3) is 11.3 Å². The van der Waals surface area contributed by atoms with Crippen molar-refractivity contribution in [3.8, 4) is 11.3 Å². The van der Waals surface area contributed by atoms with E-state index in [9.17, 15) is 4.79 Å². The van der Waals surface area contributed by atoms with Crippen molar-refractivity contribution in [1.82, 2.24) is 10.3 Å². The number of nitrogens with one attached hydrogen (secondary N) is 1. The lowest BCUT2D eigenvalue weighted by Crippen LogP contribution is -2.32. The third-order valence-corrected chi connectivity index (χ3v) is 5.42. The molecule has 1 aliphatic rings. The number of carbonyl (C=O) groups is 1. The van der Waals surface area contributed by atoms with E-state index in [1.54, 1.807) is 11.1 Å². The number of anilines is 1. The molecule has 6 nitrogen and oxygen atoms in total. The van der Waals surface area contributed by atoms with Crippen molar-refractivity contribution in [2.45, 2.75) is 39.8 Å². The Morgan fingerprint density at radius 2 is 2.03 bits per heavy atom. The smallest absolute Gasteiger partial charge is 0.322 e. The number of hydrogen-bond acceptors (Lipinski definition) is 4. The van der Waals surface area contributed by atoms with Gasteiger partial charge in [0.2, 0.25) is 0 Å². The van der Waals surface area contributed by atoms with Crippen LogP contribution in [-0.2, 0) is 17.8 Å². The second-order valence-corrected chi connectivity index (χ2v) is 7.64. The highest BCUT2D eigenvalue weighted by atomic mass is 16.5. The minimum absolute atomic E-state index is 0.0564. The van der Waals surface area contributed by atoms with Gasteiger partial charge in [-0.15, -0.1) is 0 Å². The molecule has 6 heteroatoms. The molecule has 1 aliphatic heterocycles. The number of aryl methyl sites for hydroxylation is 1. The van der Waals surface area contributed by atoms with Gasteiger partial charge in [0.05, 0.1) is 18.8 Å². The van der Waals surface area contributed by atoms with Crippen molar-refractivity contribution in [2.24, 2.45) is 0 Å². The van der Waals surface area contributed by atoms with Gasteiger partial charge in [-0.25, -0.2) is 9.78 Å². The zero-order valence-corrected chi connectivity index (χ0v) is 17.6. The SMILES string of the molecule is CCOCc1ccc(C)c(Cc2ncc(-c3ccc(N4C(=O)NC[C@H]4C)cc3)o2)c1. The summed E-state index contributed by atoms with van der Waals surface area (Å²) in [5, 5.41) is 2.86. The van der Waals surface area contributed by atoms with Gasteiger partial charge < -0.3 is 14.5 Å². The number of ether oxygens (including phenoxy) is 1. The fourth-order valence-corrected chi connectivity index (χ4v) is 3.68. The molecule has 1 atom stereocenters. The first-order valence-electron chi connectivity index (χ1n) is 10.3. The van der Waals surface area contributed by atoms with Crippen molar-refractivity contribution in [1.29, 1.82) is 0 Å². The monoisotopic (exact) mass is 405 g/mol. The molecule has 0 saturated carbocycles. The average Bonchev–Trinajstić information content (AvgIpc) is 3.35. The van der Waals surface area contributed by atoms with E-state index in [1.807, 2.05) is 38.1 Å². The van der Waals surface area contributed by atoms with Crippen molar-refractivity contribution >= 4 is 11.7 Å². The summed E-state index contributed by atoms with van der Waals surface area (Å²) in [7, 11) is 0. The number of oxazole rings is 1. The first-order valence-corrected chi connectivity index (χ1v) is 10.3. The molecule has 1 N–H and O–H groups in total. The number of carbonyl (C=O) groups excluding carboxylic acids is 1. The Morgan fingerprint density at radius 1 is 1.23 bits per heavy atom. The van der Waals surface area contributed by atoms with Crippen molar-refractivity contribution in [3.63, 3.8) is 0 Å². The standard InChI is InChI=1S/C24H27N3O3/c1-4-29-15-18-6-5-16(2)20(11-18)12-23-25-14-22(30-23)19-7-9-21(10-8-19)27-17(3)13-26-24(27)28/h5-11,14,17H,4,12-13,15H2,1-3H3,(H,26,28)/t17-/m1/s1. The normalized spacial score (nSPS) is 16.2. The molecule has 1 saturated heterocycles. The predicted molar refractivity (Wildman–Crippen MR) is 117 cm³/mol. The Hall–Kier alpha value is -3.12. The quantitative estimate of drug-likeness (QED) is 0.619. The van der Waals surface area contributed by atoms with Crippen LogP contribution in [0.5, 0.6) is 0 Å². The number of amides is 2. The highest BCUT2D eigenvalue weighted by Crippen LogP contribution is 2.27. The molecule has 4 rings (SSSR count). The van der Waals surface area contributed by atoms with Crippen LogP contribution in [-0.4, -0.2) is 30.2 Å². The molecule has 0 radical (unpaired) electrons. The Bertz CT molecular complexity index is 1030. The van der Waals surface area contributed by atoms with Crippen LogP contribution in [0.3, 0.4) is 0 Å². The van der Waals surface area contributed by atoms with Crippen LogP contribution in [0.15, 0.2) is 53.1 Å². The molecule has 2 aromatic carbocycles. The minimum Gasteiger partial charge on any atom is -0.440 e. The van der Waals surface area contributed by atoms with Crippen molar-refractivity contribution < 1.29 is 13.9 Å². The van der Waals surface area contributed by atoms with E-state index in [-0.39, 0.29) is 12.1 Å². The summed E-state index contributed by atoms with van der Waals surface area (Å²) in [6, 6.07) is 14.3. The first kappa shape index (κ1) is 20.2. The lowest BCUT2D eigenvalue weighted by molar-refractivity contribution is 0.134. The molecule has 30 heavy (non-hydrogen) atoms. The lowest BCUT2D eigenvalue weighted by atomic mass is 10.0. The maximum atomic E-state index is 12.0. The van der Waals surface area contributed by atoms with Gasteiger partial charge in [-0.1, -0.05) is 18.2 Å². The lowest BCUT2D eigenvalue weighted by Gasteiger charge is -2.19. The summed E-state index contributed by atoms with van der Waals surface area (Å²) < 4.78 is 11.5. The molecule has 2 amide bonds. The van der Waals surface area contributed by atoms with Gasteiger partial charge in [-0.2, -0.15) is 0 Å². The summed E-state index contributed by atoms with van der Waals surface area (Å²) in [4.78, 5) is 18.2. The van der Waals surface area contributed by atoms with E-state index in [0.29, 0.717) is 32.1 Å². The summed E-state index contributed by atoms with van der Waals surface area (Å²) in [6.07, 6.45) is 2.39. The van der Waals surface area contributed by atoms with Crippen molar-refractivity contribution in [2.75, 3.05) is 18.1 Å². The summed E-state index contributed by atoms with van der Waals surface area (Å²) in [6.45, 7) is 8.10. The first-order chi connectivity index (χ1) is 14.5. The predicted octanol–water partition coefficient (Wildman–Crippen LogP) is 4.70. The zero-order chi connectivity index (χ0) is 21.1. The van der Waals surface area contributed by atoms with E-state index < -0.39 is 0 Å². The number of nitrogens with zero attached hydrogens (tertiary/aromatic N) is 2. The molecule has 2 heterocycles. The topological polar surface area (TPSA) is 67.6 Å². The fraction of sp³-hybridized carbons (Fsp3) is 0.333.